The first-order chi connectivity index (χ1) is 6.61. The molecule has 0 bridgehead atoms. The summed E-state index contributed by atoms with van der Waals surface area (Å²) in [6.07, 6.45) is -1.39. The van der Waals surface area contributed by atoms with Gasteiger partial charge in [-0.3, -0.25) is 4.98 Å². The Morgan fingerprint density at radius 1 is 1.64 bits per heavy atom. The van der Waals surface area contributed by atoms with Gasteiger partial charge in [0.25, 0.3) is 6.43 Å². The van der Waals surface area contributed by atoms with Crippen molar-refractivity contribution in [2.45, 2.75) is 13.0 Å². The number of alkyl halides is 2. The van der Waals surface area contributed by atoms with Crippen LogP contribution in [-0.2, 0) is 6.54 Å². The van der Waals surface area contributed by atoms with Crippen molar-refractivity contribution in [3.63, 3.8) is 0 Å². The fourth-order valence-corrected chi connectivity index (χ4v) is 1.81. The lowest BCUT2D eigenvalue weighted by Crippen LogP contribution is -2.08. The monoisotopic (exact) mass is 309 g/mol. The van der Waals surface area contributed by atoms with E-state index in [4.69, 9.17) is 11.0 Å². The van der Waals surface area contributed by atoms with E-state index in [1.807, 2.05) is 0 Å². The molecule has 0 aliphatic carbocycles. The van der Waals surface area contributed by atoms with Gasteiger partial charge in [-0.25, -0.2) is 8.78 Å². The van der Waals surface area contributed by atoms with E-state index in [-0.39, 0.29) is 26.9 Å². The van der Waals surface area contributed by atoms with Crippen LogP contribution in [0, 0.1) is 14.9 Å². The number of pyridine rings is 1. The highest BCUT2D eigenvalue weighted by Gasteiger charge is 2.19. The van der Waals surface area contributed by atoms with Crippen LogP contribution in [0.5, 0.6) is 0 Å². The largest absolute Gasteiger partial charge is 0.325 e. The molecule has 14 heavy (non-hydrogen) atoms. The van der Waals surface area contributed by atoms with Gasteiger partial charge in [0.15, 0.2) is 0 Å². The molecule has 0 radical (unpaired) electrons. The molecule has 0 aliphatic heterocycles. The molecule has 0 atom stereocenters. The Kier molecular flexibility index (Phi) is 3.71. The third kappa shape index (κ3) is 1.99. The molecule has 1 aromatic heterocycles. The molecule has 74 valence electrons. The maximum absolute atomic E-state index is 12.6. The van der Waals surface area contributed by atoms with Crippen molar-refractivity contribution < 1.29 is 8.78 Å². The summed E-state index contributed by atoms with van der Waals surface area (Å²) in [5.41, 5.74) is 5.33. The lowest BCUT2D eigenvalue weighted by atomic mass is 10.1. The molecule has 0 aromatic carbocycles. The van der Waals surface area contributed by atoms with Gasteiger partial charge in [0.05, 0.1) is 16.8 Å². The van der Waals surface area contributed by atoms with Crippen LogP contribution in [0.25, 0.3) is 0 Å². The molecule has 0 saturated heterocycles. The number of aromatic nitrogens is 1. The van der Waals surface area contributed by atoms with Gasteiger partial charge in [-0.2, -0.15) is 5.26 Å². The Morgan fingerprint density at radius 2 is 2.29 bits per heavy atom. The normalized spacial score (nSPS) is 10.3. The standard InChI is InChI=1S/C8H6F2IN3/c9-8(10)6-5(2-13)14-3-4(1-12)7(6)11/h3,8H,2,13H2. The molecule has 1 heterocycles. The average molecular weight is 309 g/mol. The first kappa shape index (κ1) is 11.3. The van der Waals surface area contributed by atoms with Crippen molar-refractivity contribution in [1.82, 2.24) is 4.98 Å². The number of nitriles is 1. The summed E-state index contributed by atoms with van der Waals surface area (Å²) >= 11 is 1.71. The van der Waals surface area contributed by atoms with Gasteiger partial charge in [0, 0.05) is 16.3 Å². The Hall–Kier alpha value is -0.810. The number of hydrogen-bond donors (Lipinski definition) is 1. The van der Waals surface area contributed by atoms with Crippen molar-refractivity contribution in [1.29, 1.82) is 5.26 Å². The Bertz CT molecular complexity index is 387. The van der Waals surface area contributed by atoms with E-state index in [2.05, 4.69) is 4.98 Å². The van der Waals surface area contributed by atoms with Crippen LogP contribution in [-0.4, -0.2) is 4.98 Å². The lowest BCUT2D eigenvalue weighted by molar-refractivity contribution is 0.148. The Morgan fingerprint density at radius 3 is 2.71 bits per heavy atom. The van der Waals surface area contributed by atoms with Crippen molar-refractivity contribution in [3.05, 3.63) is 26.6 Å². The second kappa shape index (κ2) is 4.61. The predicted molar refractivity (Wildman–Crippen MR) is 54.5 cm³/mol. The smallest absolute Gasteiger partial charge is 0.266 e. The first-order valence-corrected chi connectivity index (χ1v) is 4.75. The fourth-order valence-electron chi connectivity index (χ4n) is 1.00. The zero-order valence-corrected chi connectivity index (χ0v) is 9.12. The number of nitrogens with zero attached hydrogens (tertiary/aromatic N) is 2. The molecule has 6 heteroatoms. The van der Waals surface area contributed by atoms with Crippen LogP contribution in [0.2, 0.25) is 0 Å². The minimum atomic E-state index is -2.65. The minimum Gasteiger partial charge on any atom is -0.325 e. The highest BCUT2D eigenvalue weighted by molar-refractivity contribution is 14.1. The third-order valence-electron chi connectivity index (χ3n) is 1.67. The summed E-state index contributed by atoms with van der Waals surface area (Å²) in [6, 6.07) is 1.80. The molecule has 3 nitrogen and oxygen atoms in total. The molecule has 0 fully saturated rings. The highest BCUT2D eigenvalue weighted by atomic mass is 127. The molecule has 1 aromatic rings. The quantitative estimate of drug-likeness (QED) is 0.849. The molecular weight excluding hydrogens is 303 g/mol. The highest BCUT2D eigenvalue weighted by Crippen LogP contribution is 2.28. The van der Waals surface area contributed by atoms with Crippen molar-refractivity contribution in [2.24, 2.45) is 5.73 Å². The summed E-state index contributed by atoms with van der Waals surface area (Å²) in [7, 11) is 0. The zero-order chi connectivity index (χ0) is 10.7. The van der Waals surface area contributed by atoms with Gasteiger partial charge >= 0.3 is 0 Å². The van der Waals surface area contributed by atoms with E-state index in [0.717, 1.165) is 0 Å². The number of nitrogens with two attached hydrogens (primary N) is 1. The van der Waals surface area contributed by atoms with E-state index < -0.39 is 6.43 Å². The van der Waals surface area contributed by atoms with Gasteiger partial charge in [-0.1, -0.05) is 0 Å². The Balaban J connectivity index is 3.41. The molecular formula is C8H6F2IN3. The van der Waals surface area contributed by atoms with Crippen molar-refractivity contribution in [2.75, 3.05) is 0 Å². The number of halogens is 3. The van der Waals surface area contributed by atoms with E-state index in [9.17, 15) is 8.78 Å². The molecule has 2 N–H and O–H groups in total. The summed E-state index contributed by atoms with van der Waals surface area (Å²) < 4.78 is 25.4. The van der Waals surface area contributed by atoms with Gasteiger partial charge in [0.1, 0.15) is 6.07 Å². The molecule has 0 unspecified atom stereocenters. The zero-order valence-electron chi connectivity index (χ0n) is 6.97. The summed E-state index contributed by atoms with van der Waals surface area (Å²) in [5.74, 6) is 0. The van der Waals surface area contributed by atoms with Crippen LogP contribution in [0.15, 0.2) is 6.20 Å². The molecule has 0 amide bonds. The topological polar surface area (TPSA) is 62.7 Å². The molecule has 0 saturated carbocycles. The van der Waals surface area contributed by atoms with Gasteiger partial charge in [-0.15, -0.1) is 0 Å². The van der Waals surface area contributed by atoms with Crippen LogP contribution in [0.4, 0.5) is 8.78 Å². The maximum atomic E-state index is 12.6. The van der Waals surface area contributed by atoms with Crippen LogP contribution in [0.1, 0.15) is 23.2 Å². The van der Waals surface area contributed by atoms with Crippen LogP contribution < -0.4 is 5.73 Å². The van der Waals surface area contributed by atoms with Gasteiger partial charge < -0.3 is 5.73 Å². The van der Waals surface area contributed by atoms with Gasteiger partial charge in [-0.05, 0) is 22.6 Å². The Labute approximate surface area is 93.1 Å². The molecule has 0 spiro atoms. The second-order valence-corrected chi connectivity index (χ2v) is 3.54. The van der Waals surface area contributed by atoms with E-state index in [0.29, 0.717) is 0 Å². The van der Waals surface area contributed by atoms with Crippen molar-refractivity contribution >= 4 is 22.6 Å². The minimum absolute atomic E-state index is 0.0542. The van der Waals surface area contributed by atoms with Crippen molar-refractivity contribution in [3.8, 4) is 6.07 Å². The summed E-state index contributed by atoms with van der Waals surface area (Å²) in [5, 5.41) is 8.62. The number of rotatable bonds is 2. The molecule has 0 aliphatic rings. The van der Waals surface area contributed by atoms with E-state index in [1.54, 1.807) is 28.7 Å². The van der Waals surface area contributed by atoms with Crippen LogP contribution in [0.3, 0.4) is 0 Å². The first-order valence-electron chi connectivity index (χ1n) is 3.67. The van der Waals surface area contributed by atoms with Crippen LogP contribution >= 0.6 is 22.6 Å². The lowest BCUT2D eigenvalue weighted by Gasteiger charge is -2.08. The average Bonchev–Trinajstić information content (AvgIpc) is 2.16. The van der Waals surface area contributed by atoms with E-state index >= 15 is 0 Å². The second-order valence-electron chi connectivity index (χ2n) is 2.46. The third-order valence-corrected chi connectivity index (χ3v) is 2.83. The fraction of sp³-hybridized carbons (Fsp3) is 0.250. The summed E-state index contributed by atoms with van der Waals surface area (Å²) in [6.45, 7) is -0.0542. The van der Waals surface area contributed by atoms with Gasteiger partial charge in [0.2, 0.25) is 0 Å². The predicted octanol–water partition coefficient (Wildman–Crippen LogP) is 1.95. The SMILES string of the molecule is N#Cc1cnc(CN)c(C(F)F)c1I. The maximum Gasteiger partial charge on any atom is 0.266 e. The van der Waals surface area contributed by atoms with E-state index in [1.165, 1.54) is 6.20 Å². The number of hydrogen-bond acceptors (Lipinski definition) is 3. The molecule has 1 rings (SSSR count). The summed E-state index contributed by atoms with van der Waals surface area (Å²) in [4.78, 5) is 3.72.